The van der Waals surface area contributed by atoms with Gasteiger partial charge in [-0.15, -0.1) is 0 Å². The number of unbranched alkanes of at least 4 members (excludes halogenated alkanes) is 1. The summed E-state index contributed by atoms with van der Waals surface area (Å²) in [5.74, 6) is 2.58. The molecule has 0 fully saturated rings. The maximum absolute atomic E-state index is 8.64. The first-order valence-electron chi connectivity index (χ1n) is 6.73. The Labute approximate surface area is 115 Å². The van der Waals surface area contributed by atoms with Crippen LogP contribution >= 0.6 is 0 Å². The smallest absolute Gasteiger partial charge is 0.134 e. The SMILES string of the molecule is CCCCN(C)c1cc(N(C)CCC#N)nc(C)n1. The van der Waals surface area contributed by atoms with E-state index in [2.05, 4.69) is 34.9 Å². The largest absolute Gasteiger partial charge is 0.360 e. The minimum atomic E-state index is 0.501. The molecular formula is C14H23N5. The van der Waals surface area contributed by atoms with Crippen LogP contribution in [0.15, 0.2) is 6.07 Å². The highest BCUT2D eigenvalue weighted by atomic mass is 15.2. The summed E-state index contributed by atoms with van der Waals surface area (Å²) >= 11 is 0. The van der Waals surface area contributed by atoms with E-state index in [1.54, 1.807) is 0 Å². The Hall–Kier alpha value is -1.83. The summed E-state index contributed by atoms with van der Waals surface area (Å²) in [6.07, 6.45) is 2.82. The molecule has 104 valence electrons. The molecule has 0 aromatic carbocycles. The molecule has 1 rings (SSSR count). The van der Waals surface area contributed by atoms with Gasteiger partial charge in [0, 0.05) is 33.3 Å². The number of hydrogen-bond acceptors (Lipinski definition) is 5. The zero-order chi connectivity index (χ0) is 14.3. The van der Waals surface area contributed by atoms with Gasteiger partial charge in [-0.1, -0.05) is 13.3 Å². The Morgan fingerprint density at radius 3 is 2.26 bits per heavy atom. The van der Waals surface area contributed by atoms with Crippen LogP contribution < -0.4 is 9.80 Å². The quantitative estimate of drug-likeness (QED) is 0.754. The van der Waals surface area contributed by atoms with E-state index in [4.69, 9.17) is 5.26 Å². The van der Waals surface area contributed by atoms with Crippen LogP contribution in [0.2, 0.25) is 0 Å². The third-order valence-corrected chi connectivity index (χ3v) is 3.00. The first-order valence-corrected chi connectivity index (χ1v) is 6.73. The van der Waals surface area contributed by atoms with Crippen molar-refractivity contribution in [1.82, 2.24) is 9.97 Å². The topological polar surface area (TPSA) is 56.0 Å². The molecule has 1 aromatic rings. The first kappa shape index (κ1) is 15.2. The minimum absolute atomic E-state index is 0.501. The lowest BCUT2D eigenvalue weighted by Crippen LogP contribution is -2.23. The van der Waals surface area contributed by atoms with Crippen LogP contribution in [0.3, 0.4) is 0 Å². The van der Waals surface area contributed by atoms with Crippen molar-refractivity contribution in [1.29, 1.82) is 5.26 Å². The van der Waals surface area contributed by atoms with Crippen molar-refractivity contribution in [3.8, 4) is 6.07 Å². The van der Waals surface area contributed by atoms with Crippen molar-refractivity contribution >= 4 is 11.6 Å². The van der Waals surface area contributed by atoms with Gasteiger partial charge in [0.25, 0.3) is 0 Å². The molecule has 0 saturated heterocycles. The minimum Gasteiger partial charge on any atom is -0.360 e. The molecule has 0 saturated carbocycles. The number of rotatable bonds is 7. The maximum atomic E-state index is 8.64. The zero-order valence-corrected chi connectivity index (χ0v) is 12.3. The highest BCUT2D eigenvalue weighted by Gasteiger charge is 2.09. The van der Waals surface area contributed by atoms with Crippen molar-refractivity contribution < 1.29 is 0 Å². The Balaban J connectivity index is 2.84. The van der Waals surface area contributed by atoms with E-state index in [0.717, 1.165) is 30.4 Å². The molecule has 0 bridgehead atoms. The van der Waals surface area contributed by atoms with Gasteiger partial charge in [0.15, 0.2) is 0 Å². The third kappa shape index (κ3) is 4.74. The fourth-order valence-electron chi connectivity index (χ4n) is 1.77. The molecule has 0 unspecified atom stereocenters. The molecule has 0 atom stereocenters. The van der Waals surface area contributed by atoms with Gasteiger partial charge in [-0.05, 0) is 13.3 Å². The summed E-state index contributed by atoms with van der Waals surface area (Å²) in [6, 6.07) is 4.14. The molecule has 5 nitrogen and oxygen atoms in total. The molecule has 1 aromatic heterocycles. The fraction of sp³-hybridized carbons (Fsp3) is 0.643. The third-order valence-electron chi connectivity index (χ3n) is 3.00. The first-order chi connectivity index (χ1) is 9.08. The van der Waals surface area contributed by atoms with E-state index in [1.807, 2.05) is 24.9 Å². The molecule has 0 aliphatic rings. The highest BCUT2D eigenvalue weighted by molar-refractivity contribution is 5.50. The molecule has 1 heterocycles. The Bertz CT molecular complexity index is 438. The van der Waals surface area contributed by atoms with Crippen LogP contribution in [0.5, 0.6) is 0 Å². The molecule has 0 N–H and O–H groups in total. The normalized spacial score (nSPS) is 10.1. The number of nitriles is 1. The average Bonchev–Trinajstić information content (AvgIpc) is 2.41. The van der Waals surface area contributed by atoms with Crippen LogP contribution in [0.1, 0.15) is 32.0 Å². The Morgan fingerprint density at radius 1 is 1.16 bits per heavy atom. The average molecular weight is 261 g/mol. The second-order valence-corrected chi connectivity index (χ2v) is 4.74. The highest BCUT2D eigenvalue weighted by Crippen LogP contribution is 2.17. The van der Waals surface area contributed by atoms with Gasteiger partial charge < -0.3 is 9.80 Å². The molecule has 0 amide bonds. The monoisotopic (exact) mass is 261 g/mol. The lowest BCUT2D eigenvalue weighted by molar-refractivity contribution is 0.754. The van der Waals surface area contributed by atoms with Gasteiger partial charge in [-0.25, -0.2) is 9.97 Å². The van der Waals surface area contributed by atoms with E-state index in [0.29, 0.717) is 13.0 Å². The molecular weight excluding hydrogens is 238 g/mol. The van der Waals surface area contributed by atoms with E-state index >= 15 is 0 Å². The molecule has 0 spiro atoms. The molecule has 19 heavy (non-hydrogen) atoms. The van der Waals surface area contributed by atoms with E-state index in [1.165, 1.54) is 6.42 Å². The second-order valence-electron chi connectivity index (χ2n) is 4.74. The second kappa shape index (κ2) is 7.57. The van der Waals surface area contributed by atoms with Crippen molar-refractivity contribution in [2.75, 3.05) is 37.0 Å². The van der Waals surface area contributed by atoms with Crippen LogP contribution in [-0.2, 0) is 0 Å². The Morgan fingerprint density at radius 2 is 1.74 bits per heavy atom. The number of aromatic nitrogens is 2. The number of nitrogens with zero attached hydrogens (tertiary/aromatic N) is 5. The van der Waals surface area contributed by atoms with Crippen molar-refractivity contribution in [3.63, 3.8) is 0 Å². The van der Waals surface area contributed by atoms with Gasteiger partial charge in [-0.2, -0.15) is 5.26 Å². The molecule has 0 aliphatic heterocycles. The van der Waals surface area contributed by atoms with Crippen molar-refractivity contribution in [2.24, 2.45) is 0 Å². The summed E-state index contributed by atoms with van der Waals surface area (Å²) in [4.78, 5) is 13.0. The van der Waals surface area contributed by atoms with Gasteiger partial charge in [-0.3, -0.25) is 0 Å². The standard InChI is InChI=1S/C14H23N5/c1-5-6-9-18(3)13-11-14(17-12(2)16-13)19(4)10-7-8-15/h11H,5-7,9-10H2,1-4H3. The predicted octanol–water partition coefficient (Wildman–Crippen LogP) is 2.37. The summed E-state index contributed by atoms with van der Waals surface area (Å²) in [5.41, 5.74) is 0. The van der Waals surface area contributed by atoms with Crippen LogP contribution in [0.25, 0.3) is 0 Å². The van der Waals surface area contributed by atoms with Gasteiger partial charge in [0.2, 0.25) is 0 Å². The van der Waals surface area contributed by atoms with Crippen molar-refractivity contribution in [3.05, 3.63) is 11.9 Å². The lowest BCUT2D eigenvalue weighted by Gasteiger charge is -2.22. The molecule has 5 heteroatoms. The number of anilines is 2. The van der Waals surface area contributed by atoms with Gasteiger partial charge in [0.1, 0.15) is 17.5 Å². The van der Waals surface area contributed by atoms with E-state index in [9.17, 15) is 0 Å². The fourth-order valence-corrected chi connectivity index (χ4v) is 1.77. The molecule has 0 radical (unpaired) electrons. The van der Waals surface area contributed by atoms with E-state index in [-0.39, 0.29) is 0 Å². The summed E-state index contributed by atoms with van der Waals surface area (Å²) in [7, 11) is 4.01. The van der Waals surface area contributed by atoms with Crippen LogP contribution in [-0.4, -0.2) is 37.2 Å². The predicted molar refractivity (Wildman–Crippen MR) is 78.4 cm³/mol. The summed E-state index contributed by atoms with van der Waals surface area (Å²) < 4.78 is 0. The zero-order valence-electron chi connectivity index (χ0n) is 12.3. The van der Waals surface area contributed by atoms with Crippen LogP contribution in [0.4, 0.5) is 11.6 Å². The van der Waals surface area contributed by atoms with Gasteiger partial charge in [0.05, 0.1) is 12.5 Å². The Kier molecular flexibility index (Phi) is 6.07. The number of hydrogen-bond donors (Lipinski definition) is 0. The lowest BCUT2D eigenvalue weighted by atomic mass is 10.3. The number of aryl methyl sites for hydroxylation is 1. The van der Waals surface area contributed by atoms with Crippen LogP contribution in [0, 0.1) is 18.3 Å². The summed E-state index contributed by atoms with van der Waals surface area (Å²) in [6.45, 7) is 5.76. The van der Waals surface area contributed by atoms with Gasteiger partial charge >= 0.3 is 0 Å². The molecule has 0 aliphatic carbocycles. The van der Waals surface area contributed by atoms with E-state index < -0.39 is 0 Å². The summed E-state index contributed by atoms with van der Waals surface area (Å²) in [5, 5.41) is 8.64. The van der Waals surface area contributed by atoms with Crippen molar-refractivity contribution in [2.45, 2.75) is 33.1 Å². The maximum Gasteiger partial charge on any atom is 0.134 e.